The maximum absolute atomic E-state index is 12.6. The fraction of sp³-hybridized carbons (Fsp3) is 0.292. The smallest absolute Gasteiger partial charge is 0.272 e. The van der Waals surface area contributed by atoms with Crippen LogP contribution in [0.4, 0.5) is 0 Å². The van der Waals surface area contributed by atoms with Gasteiger partial charge in [0.15, 0.2) is 0 Å². The van der Waals surface area contributed by atoms with Crippen LogP contribution >= 0.6 is 0 Å². The Kier molecular flexibility index (Phi) is 3.66. The van der Waals surface area contributed by atoms with E-state index in [4.69, 9.17) is 0 Å². The summed E-state index contributed by atoms with van der Waals surface area (Å²) >= 11 is 0. The van der Waals surface area contributed by atoms with Crippen molar-refractivity contribution in [3.8, 4) is 0 Å². The Morgan fingerprint density at radius 2 is 1.73 bits per heavy atom. The number of hydrogen-bond donors (Lipinski definition) is 3. The fourth-order valence-electron chi connectivity index (χ4n) is 5.51. The van der Waals surface area contributed by atoms with Crippen molar-refractivity contribution in [3.63, 3.8) is 0 Å². The molecule has 6 heteroatoms. The standard InChI is InChI=1S/C24H22N4O2/c29-22-18-7-3-2-6-17(18)21(27-28-22)15-10-24(11-15)12-16(13-24)25-23(30)20-9-14-5-1-4-8-19(14)26-20/h1-9,15-16,26H,10-13H2,(H,25,30)(H,28,29). The number of H-pyrrole nitrogens is 2. The number of rotatable bonds is 3. The molecule has 30 heavy (non-hydrogen) atoms. The molecule has 2 heterocycles. The Morgan fingerprint density at radius 1 is 1.00 bits per heavy atom. The molecule has 2 aromatic heterocycles. The van der Waals surface area contributed by atoms with Crippen LogP contribution in [0.1, 0.15) is 47.8 Å². The van der Waals surface area contributed by atoms with E-state index in [2.05, 4.69) is 20.5 Å². The molecular formula is C24H22N4O2. The van der Waals surface area contributed by atoms with Gasteiger partial charge in [-0.3, -0.25) is 9.59 Å². The van der Waals surface area contributed by atoms with Crippen molar-refractivity contribution in [2.24, 2.45) is 5.41 Å². The highest BCUT2D eigenvalue weighted by Gasteiger charge is 2.54. The van der Waals surface area contributed by atoms with Crippen molar-refractivity contribution < 1.29 is 4.79 Å². The average Bonchev–Trinajstić information content (AvgIpc) is 3.14. The summed E-state index contributed by atoms with van der Waals surface area (Å²) in [6, 6.07) is 17.7. The molecule has 0 saturated heterocycles. The second-order valence-corrected chi connectivity index (χ2v) is 8.94. The summed E-state index contributed by atoms with van der Waals surface area (Å²) in [6.07, 6.45) is 4.15. The molecule has 0 bridgehead atoms. The molecule has 2 aliphatic rings. The van der Waals surface area contributed by atoms with Crippen molar-refractivity contribution in [2.45, 2.75) is 37.6 Å². The van der Waals surface area contributed by atoms with Crippen LogP contribution in [0.15, 0.2) is 59.4 Å². The molecular weight excluding hydrogens is 376 g/mol. The minimum absolute atomic E-state index is 0.0322. The second-order valence-electron chi connectivity index (χ2n) is 8.94. The quantitative estimate of drug-likeness (QED) is 0.489. The van der Waals surface area contributed by atoms with Crippen LogP contribution in [0.2, 0.25) is 0 Å². The first-order chi connectivity index (χ1) is 14.6. The largest absolute Gasteiger partial charge is 0.351 e. The highest BCUT2D eigenvalue weighted by atomic mass is 16.2. The van der Waals surface area contributed by atoms with Crippen molar-refractivity contribution in [1.82, 2.24) is 20.5 Å². The van der Waals surface area contributed by atoms with Crippen LogP contribution in [-0.4, -0.2) is 27.1 Å². The zero-order chi connectivity index (χ0) is 20.3. The van der Waals surface area contributed by atoms with Gasteiger partial charge < -0.3 is 10.3 Å². The number of aromatic amines is 2. The molecule has 6 nitrogen and oxygen atoms in total. The topological polar surface area (TPSA) is 90.6 Å². The highest BCUT2D eigenvalue weighted by Crippen LogP contribution is 2.62. The molecule has 2 aliphatic carbocycles. The summed E-state index contributed by atoms with van der Waals surface area (Å²) < 4.78 is 0. The van der Waals surface area contributed by atoms with E-state index in [-0.39, 0.29) is 17.5 Å². The third-order valence-electron chi connectivity index (χ3n) is 6.94. The van der Waals surface area contributed by atoms with E-state index in [1.165, 1.54) is 0 Å². The molecule has 6 rings (SSSR count). The van der Waals surface area contributed by atoms with E-state index in [0.29, 0.717) is 22.4 Å². The third-order valence-corrected chi connectivity index (χ3v) is 6.94. The number of fused-ring (bicyclic) bond motifs is 2. The zero-order valence-electron chi connectivity index (χ0n) is 16.4. The fourth-order valence-corrected chi connectivity index (χ4v) is 5.51. The number of carbonyl (C=O) groups excluding carboxylic acids is 1. The number of nitrogens with one attached hydrogen (secondary N) is 3. The van der Waals surface area contributed by atoms with Gasteiger partial charge in [-0.2, -0.15) is 5.10 Å². The number of carbonyl (C=O) groups is 1. The van der Waals surface area contributed by atoms with Crippen molar-refractivity contribution >= 4 is 27.6 Å². The number of aromatic nitrogens is 3. The lowest BCUT2D eigenvalue weighted by Gasteiger charge is -2.57. The lowest BCUT2D eigenvalue weighted by atomic mass is 9.49. The monoisotopic (exact) mass is 398 g/mol. The summed E-state index contributed by atoms with van der Waals surface area (Å²) in [7, 11) is 0. The van der Waals surface area contributed by atoms with Gasteiger partial charge in [0.25, 0.3) is 11.5 Å². The molecule has 150 valence electrons. The molecule has 2 aromatic carbocycles. The van der Waals surface area contributed by atoms with E-state index >= 15 is 0 Å². The van der Waals surface area contributed by atoms with Crippen molar-refractivity contribution in [2.75, 3.05) is 0 Å². The van der Waals surface area contributed by atoms with Gasteiger partial charge >= 0.3 is 0 Å². The van der Waals surface area contributed by atoms with Crippen LogP contribution < -0.4 is 10.9 Å². The van der Waals surface area contributed by atoms with E-state index in [1.807, 2.05) is 54.6 Å². The van der Waals surface area contributed by atoms with Gasteiger partial charge in [-0.1, -0.05) is 36.4 Å². The van der Waals surface area contributed by atoms with Gasteiger partial charge in [-0.25, -0.2) is 5.10 Å². The van der Waals surface area contributed by atoms with Crippen LogP contribution in [0.25, 0.3) is 21.7 Å². The Hall–Kier alpha value is -3.41. The predicted octanol–water partition coefficient (Wildman–Crippen LogP) is 3.86. The van der Waals surface area contributed by atoms with Crippen molar-refractivity contribution in [1.29, 1.82) is 0 Å². The summed E-state index contributed by atoms with van der Waals surface area (Å²) in [4.78, 5) is 27.8. The van der Waals surface area contributed by atoms with Gasteiger partial charge in [0.2, 0.25) is 0 Å². The van der Waals surface area contributed by atoms with Crippen LogP contribution in [0.5, 0.6) is 0 Å². The van der Waals surface area contributed by atoms with Gasteiger partial charge in [0.05, 0.1) is 11.1 Å². The first-order valence-electron chi connectivity index (χ1n) is 10.5. The predicted molar refractivity (Wildman–Crippen MR) is 116 cm³/mol. The molecule has 1 amide bonds. The Bertz CT molecular complexity index is 1310. The molecule has 0 unspecified atom stereocenters. The molecule has 0 radical (unpaired) electrons. The first kappa shape index (κ1) is 17.4. The molecule has 2 saturated carbocycles. The SMILES string of the molecule is O=C(NC1CC2(C1)CC(c1n[nH]c(=O)c3ccccc13)C2)c1cc2ccccc2[nH]1. The van der Waals surface area contributed by atoms with E-state index < -0.39 is 0 Å². The van der Waals surface area contributed by atoms with Crippen LogP contribution in [0, 0.1) is 5.41 Å². The first-order valence-corrected chi connectivity index (χ1v) is 10.5. The average molecular weight is 398 g/mol. The maximum atomic E-state index is 12.6. The Morgan fingerprint density at radius 3 is 2.53 bits per heavy atom. The summed E-state index contributed by atoms with van der Waals surface area (Å²) in [6.45, 7) is 0. The lowest BCUT2D eigenvalue weighted by Crippen LogP contribution is -2.55. The van der Waals surface area contributed by atoms with Crippen molar-refractivity contribution in [3.05, 3.63) is 76.3 Å². The van der Waals surface area contributed by atoms with E-state index in [9.17, 15) is 9.59 Å². The number of benzene rings is 2. The van der Waals surface area contributed by atoms with Crippen LogP contribution in [-0.2, 0) is 0 Å². The van der Waals surface area contributed by atoms with Gasteiger partial charge in [0.1, 0.15) is 5.69 Å². The number of hydrogen-bond acceptors (Lipinski definition) is 3. The Balaban J connectivity index is 1.11. The summed E-state index contributed by atoms with van der Waals surface area (Å²) in [5, 5.41) is 12.9. The molecule has 4 aromatic rings. The summed E-state index contributed by atoms with van der Waals surface area (Å²) in [5.74, 6) is 0.340. The Labute approximate surface area is 172 Å². The molecule has 0 aliphatic heterocycles. The number of para-hydroxylation sites is 1. The van der Waals surface area contributed by atoms with E-state index in [1.54, 1.807) is 0 Å². The zero-order valence-corrected chi connectivity index (χ0v) is 16.4. The number of nitrogens with zero attached hydrogens (tertiary/aromatic N) is 1. The van der Waals surface area contributed by atoms with Gasteiger partial charge in [-0.05, 0) is 49.3 Å². The molecule has 0 atom stereocenters. The van der Waals surface area contributed by atoms with Gasteiger partial charge in [0, 0.05) is 28.2 Å². The minimum atomic E-state index is -0.133. The molecule has 3 N–H and O–H groups in total. The summed E-state index contributed by atoms with van der Waals surface area (Å²) in [5.41, 5.74) is 2.78. The lowest BCUT2D eigenvalue weighted by molar-refractivity contribution is -0.0197. The minimum Gasteiger partial charge on any atom is -0.351 e. The van der Waals surface area contributed by atoms with Gasteiger partial charge in [-0.15, -0.1) is 0 Å². The third kappa shape index (κ3) is 2.67. The van der Waals surface area contributed by atoms with E-state index in [0.717, 1.165) is 47.7 Å². The van der Waals surface area contributed by atoms with Crippen LogP contribution in [0.3, 0.4) is 0 Å². The second kappa shape index (κ2) is 6.29. The number of amides is 1. The molecule has 2 fully saturated rings. The molecule has 1 spiro atoms. The maximum Gasteiger partial charge on any atom is 0.272 e. The highest BCUT2D eigenvalue weighted by molar-refractivity contribution is 5.98. The normalized spacial score (nSPS) is 25.2.